The van der Waals surface area contributed by atoms with Gasteiger partial charge in [0.15, 0.2) is 0 Å². The van der Waals surface area contributed by atoms with Gasteiger partial charge in [-0.1, -0.05) is 84.9 Å². The molecule has 0 radical (unpaired) electrons. The second kappa shape index (κ2) is 14.3. The van der Waals surface area contributed by atoms with Crippen LogP contribution in [0.2, 0.25) is 0 Å². The van der Waals surface area contributed by atoms with Crippen molar-refractivity contribution in [3.05, 3.63) is 138 Å². The molecule has 9 heteroatoms. The number of benzene rings is 5. The highest BCUT2D eigenvalue weighted by Crippen LogP contribution is 2.40. The van der Waals surface area contributed by atoms with Crippen molar-refractivity contribution in [3.8, 4) is 5.75 Å². The molecule has 2 aliphatic heterocycles. The molecule has 0 bridgehead atoms. The normalized spacial score (nSPS) is 17.3. The van der Waals surface area contributed by atoms with Crippen molar-refractivity contribution in [2.45, 2.75) is 36.4 Å². The lowest BCUT2D eigenvalue weighted by molar-refractivity contribution is -0.119. The summed E-state index contributed by atoms with van der Waals surface area (Å²) in [5, 5.41) is 5.20. The first-order valence-corrected chi connectivity index (χ1v) is 18.0. The van der Waals surface area contributed by atoms with Crippen LogP contribution in [0, 0.1) is 0 Å². The number of nitrogens with one attached hydrogen (secondary N) is 2. The lowest BCUT2D eigenvalue weighted by atomic mass is 9.94. The van der Waals surface area contributed by atoms with Crippen molar-refractivity contribution in [1.29, 1.82) is 0 Å². The summed E-state index contributed by atoms with van der Waals surface area (Å²) in [6.45, 7) is 5.22. The molecule has 0 saturated carbocycles. The molecule has 0 spiro atoms. The Labute approximate surface area is 282 Å². The van der Waals surface area contributed by atoms with E-state index < -0.39 is 16.1 Å². The number of fused-ring (bicyclic) bond motifs is 2. The van der Waals surface area contributed by atoms with E-state index in [-0.39, 0.29) is 23.3 Å². The molecule has 8 nitrogen and oxygen atoms in total. The fraction of sp³-hybridized carbons (Fsp3) is 0.256. The van der Waals surface area contributed by atoms with Crippen LogP contribution in [0.3, 0.4) is 0 Å². The molecule has 48 heavy (non-hydrogen) atoms. The van der Waals surface area contributed by atoms with Crippen LogP contribution in [0.4, 0.5) is 5.69 Å². The lowest BCUT2D eigenvalue weighted by Crippen LogP contribution is -2.43. The number of sulfonamides is 1. The zero-order valence-corrected chi connectivity index (χ0v) is 27.6. The zero-order chi connectivity index (χ0) is 32.9. The summed E-state index contributed by atoms with van der Waals surface area (Å²) < 4.78 is 36.8. The SMILES string of the molecule is O=C(CC(NS(=O)(=O)c1ccc2ccccc2c1)c1ccccc1)N(c1ccccc1)C1CCOc2ccc(CN3CCNCC3)cc21. The standard InChI is InChI=1S/C39H40N4O4S/c44-39(27-36(31-10-3-1-4-11-31)41-48(45,46)34-17-16-30-9-7-8-12-32(30)26-34)43(33-13-5-2-6-14-33)37-19-24-47-38-18-15-29(25-35(37)38)28-42-22-20-40-21-23-42/h1-18,25-26,36-37,40-41H,19-24,27-28H2. The van der Waals surface area contributed by atoms with Crippen molar-refractivity contribution in [2.75, 3.05) is 37.7 Å². The molecular formula is C39H40N4O4S. The van der Waals surface area contributed by atoms with Gasteiger partial charge in [0.2, 0.25) is 15.9 Å². The maximum absolute atomic E-state index is 14.7. The van der Waals surface area contributed by atoms with Crippen molar-refractivity contribution in [1.82, 2.24) is 14.9 Å². The lowest BCUT2D eigenvalue weighted by Gasteiger charge is -2.37. The summed E-state index contributed by atoms with van der Waals surface area (Å²) >= 11 is 0. The summed E-state index contributed by atoms with van der Waals surface area (Å²) in [4.78, 5) is 19.1. The Bertz CT molecular complexity index is 1980. The summed E-state index contributed by atoms with van der Waals surface area (Å²) in [6, 6.07) is 37.0. The van der Waals surface area contributed by atoms with Gasteiger partial charge in [0, 0.05) is 56.8 Å². The third-order valence-corrected chi connectivity index (χ3v) is 10.7. The molecule has 246 valence electrons. The van der Waals surface area contributed by atoms with Crippen LogP contribution >= 0.6 is 0 Å². The van der Waals surface area contributed by atoms with Gasteiger partial charge in [-0.3, -0.25) is 9.69 Å². The topological polar surface area (TPSA) is 91.0 Å². The number of ether oxygens (including phenoxy) is 1. The molecule has 2 unspecified atom stereocenters. The van der Waals surface area contributed by atoms with Crippen molar-refractivity contribution in [3.63, 3.8) is 0 Å². The molecule has 0 aliphatic carbocycles. The Morgan fingerprint density at radius 1 is 0.854 bits per heavy atom. The van der Waals surface area contributed by atoms with Crippen LogP contribution in [-0.2, 0) is 21.4 Å². The van der Waals surface area contributed by atoms with Crippen molar-refractivity contribution >= 4 is 32.4 Å². The van der Waals surface area contributed by atoms with Crippen LogP contribution < -0.4 is 19.7 Å². The molecular weight excluding hydrogens is 621 g/mol. The smallest absolute Gasteiger partial charge is 0.241 e. The highest BCUT2D eigenvalue weighted by Gasteiger charge is 2.34. The van der Waals surface area contributed by atoms with E-state index >= 15 is 0 Å². The minimum absolute atomic E-state index is 0.0706. The molecule has 1 saturated heterocycles. The van der Waals surface area contributed by atoms with E-state index in [9.17, 15) is 13.2 Å². The Balaban J connectivity index is 1.21. The quantitative estimate of drug-likeness (QED) is 0.185. The second-order valence-corrected chi connectivity index (χ2v) is 14.2. The Morgan fingerprint density at radius 3 is 2.33 bits per heavy atom. The first kappa shape index (κ1) is 32.0. The Kier molecular flexibility index (Phi) is 9.54. The van der Waals surface area contributed by atoms with Crippen molar-refractivity contribution < 1.29 is 17.9 Å². The highest BCUT2D eigenvalue weighted by molar-refractivity contribution is 7.89. The Hall–Kier alpha value is -4.54. The van der Waals surface area contributed by atoms with Gasteiger partial charge in [0.05, 0.1) is 23.6 Å². The van der Waals surface area contributed by atoms with E-state index in [0.717, 1.165) is 60.5 Å². The van der Waals surface area contributed by atoms with Gasteiger partial charge >= 0.3 is 0 Å². The van der Waals surface area contributed by atoms with Gasteiger partial charge in [-0.25, -0.2) is 13.1 Å². The highest BCUT2D eigenvalue weighted by atomic mass is 32.2. The number of nitrogens with zero attached hydrogens (tertiary/aromatic N) is 2. The molecule has 0 aromatic heterocycles. The summed E-state index contributed by atoms with van der Waals surface area (Å²) in [5.41, 5.74) is 3.63. The molecule has 7 rings (SSSR count). The molecule has 2 heterocycles. The number of para-hydroxylation sites is 1. The number of rotatable bonds is 10. The number of amides is 1. The van der Waals surface area contributed by atoms with Crippen LogP contribution in [0.15, 0.2) is 126 Å². The third kappa shape index (κ3) is 7.15. The molecule has 1 fully saturated rings. The predicted octanol–water partition coefficient (Wildman–Crippen LogP) is 6.21. The van der Waals surface area contributed by atoms with Gasteiger partial charge in [-0.05, 0) is 58.3 Å². The number of anilines is 1. The first-order valence-electron chi connectivity index (χ1n) is 16.6. The molecule has 1 amide bonds. The largest absolute Gasteiger partial charge is 0.493 e. The number of carbonyl (C=O) groups excluding carboxylic acids is 1. The molecule has 5 aromatic carbocycles. The molecule has 5 aromatic rings. The minimum atomic E-state index is -3.98. The van der Waals surface area contributed by atoms with Gasteiger partial charge in [0.25, 0.3) is 0 Å². The van der Waals surface area contributed by atoms with Gasteiger partial charge in [0.1, 0.15) is 5.75 Å². The maximum Gasteiger partial charge on any atom is 0.241 e. The van der Waals surface area contributed by atoms with Crippen molar-refractivity contribution in [2.24, 2.45) is 0 Å². The second-order valence-electron chi connectivity index (χ2n) is 12.4. The van der Waals surface area contributed by atoms with Crippen LogP contribution in [0.25, 0.3) is 10.8 Å². The van der Waals surface area contributed by atoms with Gasteiger partial charge in [-0.15, -0.1) is 0 Å². The van der Waals surface area contributed by atoms with E-state index in [1.807, 2.05) is 102 Å². The maximum atomic E-state index is 14.7. The van der Waals surface area contributed by atoms with E-state index in [1.165, 1.54) is 5.56 Å². The minimum Gasteiger partial charge on any atom is -0.493 e. The number of hydrogen-bond donors (Lipinski definition) is 2. The van der Waals surface area contributed by atoms with Crippen LogP contribution in [-0.4, -0.2) is 52.0 Å². The van der Waals surface area contributed by atoms with Gasteiger partial charge in [-0.2, -0.15) is 0 Å². The number of hydrogen-bond acceptors (Lipinski definition) is 6. The predicted molar refractivity (Wildman–Crippen MR) is 189 cm³/mol. The third-order valence-electron chi connectivity index (χ3n) is 9.22. The van der Waals surface area contributed by atoms with Gasteiger partial charge < -0.3 is 15.0 Å². The average molecular weight is 661 g/mol. The summed E-state index contributed by atoms with van der Waals surface area (Å²) in [7, 11) is -3.98. The monoisotopic (exact) mass is 660 g/mol. The zero-order valence-electron chi connectivity index (χ0n) is 26.8. The average Bonchev–Trinajstić information content (AvgIpc) is 3.12. The van der Waals surface area contributed by atoms with Crippen LogP contribution in [0.5, 0.6) is 5.75 Å². The van der Waals surface area contributed by atoms with E-state index in [1.54, 1.807) is 12.1 Å². The van der Waals surface area contributed by atoms with Crippen LogP contribution in [0.1, 0.15) is 41.6 Å². The Morgan fingerprint density at radius 2 is 1.56 bits per heavy atom. The van der Waals surface area contributed by atoms with E-state index in [2.05, 4.69) is 27.1 Å². The number of carbonyl (C=O) groups is 1. The number of piperazine rings is 1. The molecule has 2 atom stereocenters. The fourth-order valence-corrected chi connectivity index (χ4v) is 8.04. The summed E-state index contributed by atoms with van der Waals surface area (Å²) in [5.74, 6) is 0.599. The van der Waals surface area contributed by atoms with E-state index in [4.69, 9.17) is 4.74 Å². The molecule has 2 N–H and O–H groups in total. The molecule has 2 aliphatic rings. The first-order chi connectivity index (χ1) is 23.4. The fourth-order valence-electron chi connectivity index (χ4n) is 6.78. The summed E-state index contributed by atoms with van der Waals surface area (Å²) in [6.07, 6.45) is 0.544. The van der Waals surface area contributed by atoms with E-state index in [0.29, 0.717) is 18.6 Å².